The van der Waals surface area contributed by atoms with E-state index in [0.29, 0.717) is 23.0 Å². The van der Waals surface area contributed by atoms with E-state index in [1.54, 1.807) is 11.3 Å². The van der Waals surface area contributed by atoms with Crippen LogP contribution in [-0.4, -0.2) is 15.0 Å². The largest absolute Gasteiger partial charge is 0.208 e. The fraction of sp³-hybridized carbons (Fsp3) is 0. The Labute approximate surface area is 297 Å². The Kier molecular flexibility index (Phi) is 6.70. The molecular weight excluding hydrogens is 641 g/mol. The van der Waals surface area contributed by atoms with Gasteiger partial charge in [-0.25, -0.2) is 15.0 Å². The lowest BCUT2D eigenvalue weighted by atomic mass is 9.89. The van der Waals surface area contributed by atoms with Gasteiger partial charge in [-0.15, -0.1) is 11.3 Å². The fourth-order valence-corrected chi connectivity index (χ4v) is 8.39. The number of hydrogen-bond acceptors (Lipinski definition) is 5. The average Bonchev–Trinajstić information content (AvgIpc) is 3.58. The molecule has 0 N–H and O–H groups in total. The van der Waals surface area contributed by atoms with Crippen LogP contribution in [0, 0.1) is 11.3 Å². The second kappa shape index (κ2) is 11.7. The summed E-state index contributed by atoms with van der Waals surface area (Å²) in [7, 11) is 0. The first-order valence-corrected chi connectivity index (χ1v) is 17.6. The molecule has 0 saturated carbocycles. The van der Waals surface area contributed by atoms with E-state index in [1.807, 2.05) is 72.8 Å². The van der Waals surface area contributed by atoms with E-state index in [0.717, 1.165) is 43.8 Å². The van der Waals surface area contributed by atoms with Gasteiger partial charge in [-0.2, -0.15) is 5.26 Å². The predicted octanol–water partition coefficient (Wildman–Crippen LogP) is 12.2. The quantitative estimate of drug-likeness (QED) is 0.175. The van der Waals surface area contributed by atoms with Gasteiger partial charge in [0.2, 0.25) is 0 Å². The van der Waals surface area contributed by atoms with Gasteiger partial charge < -0.3 is 0 Å². The van der Waals surface area contributed by atoms with Crippen molar-refractivity contribution < 1.29 is 0 Å². The molecule has 0 bridgehead atoms. The molecule has 5 heteroatoms. The Morgan fingerprint density at radius 1 is 0.373 bits per heavy atom. The third-order valence-corrected chi connectivity index (χ3v) is 10.9. The van der Waals surface area contributed by atoms with Crippen molar-refractivity contribution in [3.63, 3.8) is 0 Å². The minimum Gasteiger partial charge on any atom is -0.208 e. The molecule has 51 heavy (non-hydrogen) atoms. The van der Waals surface area contributed by atoms with Crippen molar-refractivity contribution in [2.24, 2.45) is 0 Å². The summed E-state index contributed by atoms with van der Waals surface area (Å²) in [6, 6.07) is 57.1. The van der Waals surface area contributed by atoms with Crippen molar-refractivity contribution in [2.45, 2.75) is 0 Å². The van der Waals surface area contributed by atoms with Gasteiger partial charge in [-0.1, -0.05) is 115 Å². The fourth-order valence-electron chi connectivity index (χ4n) is 7.32. The monoisotopic (exact) mass is 666 g/mol. The molecule has 0 aliphatic carbocycles. The van der Waals surface area contributed by atoms with Crippen LogP contribution in [0.1, 0.15) is 5.56 Å². The van der Waals surface area contributed by atoms with Crippen molar-refractivity contribution >= 4 is 63.8 Å². The highest BCUT2D eigenvalue weighted by molar-refractivity contribution is 7.25. The van der Waals surface area contributed by atoms with Gasteiger partial charge in [0.25, 0.3) is 0 Å². The van der Waals surface area contributed by atoms with Crippen molar-refractivity contribution in [2.75, 3.05) is 0 Å². The van der Waals surface area contributed by atoms with Crippen molar-refractivity contribution in [3.8, 4) is 51.4 Å². The molecule has 4 nitrogen and oxygen atoms in total. The van der Waals surface area contributed by atoms with Crippen LogP contribution >= 0.6 is 11.3 Å². The zero-order chi connectivity index (χ0) is 33.9. The standard InChI is InChI=1S/C46H26N4S/c47-27-28-19-21-42-39(23-28)40-24-31(20-22-43(40)51-42)36-25-37-34-17-9-10-18-35(34)41(26-38(37)33-16-8-7-15-32(33)36)46-49-44(29-11-3-1-4-12-29)48-45(50-46)30-13-5-2-6-14-30/h1-26H. The summed E-state index contributed by atoms with van der Waals surface area (Å²) in [5, 5.41) is 18.8. The van der Waals surface area contributed by atoms with Gasteiger partial charge in [0.15, 0.2) is 17.5 Å². The molecule has 0 aliphatic heterocycles. The first-order valence-electron chi connectivity index (χ1n) is 16.8. The number of thiophene rings is 1. The molecule has 10 rings (SSSR count). The molecular formula is C46H26N4S. The van der Waals surface area contributed by atoms with Gasteiger partial charge in [0.05, 0.1) is 11.6 Å². The highest BCUT2D eigenvalue weighted by atomic mass is 32.1. The minimum absolute atomic E-state index is 0.639. The second-order valence-corrected chi connectivity index (χ2v) is 13.8. The molecule has 0 atom stereocenters. The van der Waals surface area contributed by atoms with E-state index < -0.39 is 0 Å². The maximum Gasteiger partial charge on any atom is 0.164 e. The van der Waals surface area contributed by atoms with Gasteiger partial charge in [0.1, 0.15) is 0 Å². The lowest BCUT2D eigenvalue weighted by Crippen LogP contribution is -2.00. The third kappa shape index (κ3) is 4.85. The number of fused-ring (bicyclic) bond motifs is 8. The molecule has 0 amide bonds. The van der Waals surface area contributed by atoms with Crippen LogP contribution in [0.3, 0.4) is 0 Å². The van der Waals surface area contributed by atoms with Gasteiger partial charge in [-0.3, -0.25) is 0 Å². The summed E-state index contributed by atoms with van der Waals surface area (Å²) in [5.74, 6) is 1.92. The molecule has 0 unspecified atom stereocenters. The second-order valence-electron chi connectivity index (χ2n) is 12.7. The number of benzene rings is 8. The Balaban J connectivity index is 1.25. The minimum atomic E-state index is 0.639. The van der Waals surface area contributed by atoms with Crippen LogP contribution in [0.4, 0.5) is 0 Å². The molecule has 0 aliphatic rings. The lowest BCUT2D eigenvalue weighted by Gasteiger charge is -2.16. The topological polar surface area (TPSA) is 62.5 Å². The maximum absolute atomic E-state index is 9.61. The van der Waals surface area contributed by atoms with E-state index in [1.165, 1.54) is 36.5 Å². The SMILES string of the molecule is N#Cc1ccc2sc3ccc(-c4cc5c6ccccc6c(-c6nc(-c7ccccc7)nc(-c7ccccc7)n6)cc5c5ccccc45)cc3c2c1. The third-order valence-electron chi connectivity index (χ3n) is 9.73. The molecule has 0 radical (unpaired) electrons. The zero-order valence-corrected chi connectivity index (χ0v) is 28.0. The number of nitriles is 1. The van der Waals surface area contributed by atoms with Crippen LogP contribution in [0.25, 0.3) is 97.8 Å². The smallest absolute Gasteiger partial charge is 0.164 e. The van der Waals surface area contributed by atoms with Crippen molar-refractivity contribution in [1.29, 1.82) is 5.26 Å². The van der Waals surface area contributed by atoms with Crippen LogP contribution in [0.5, 0.6) is 0 Å². The predicted molar refractivity (Wildman–Crippen MR) is 212 cm³/mol. The van der Waals surface area contributed by atoms with Crippen molar-refractivity contribution in [1.82, 2.24) is 15.0 Å². The van der Waals surface area contributed by atoms with Gasteiger partial charge >= 0.3 is 0 Å². The maximum atomic E-state index is 9.61. The molecule has 2 aromatic heterocycles. The number of aromatic nitrogens is 3. The summed E-state index contributed by atoms with van der Waals surface area (Å²) in [6.07, 6.45) is 0. The van der Waals surface area contributed by atoms with Crippen LogP contribution in [0.15, 0.2) is 158 Å². The van der Waals surface area contributed by atoms with E-state index in [-0.39, 0.29) is 0 Å². The first kappa shape index (κ1) is 29.2. The molecule has 0 fully saturated rings. The van der Waals surface area contributed by atoms with Crippen LogP contribution in [0.2, 0.25) is 0 Å². The summed E-state index contributed by atoms with van der Waals surface area (Å²) >= 11 is 1.77. The average molecular weight is 667 g/mol. The molecule has 236 valence electrons. The molecule has 10 aromatic rings. The lowest BCUT2D eigenvalue weighted by molar-refractivity contribution is 1.08. The van der Waals surface area contributed by atoms with Crippen LogP contribution < -0.4 is 0 Å². The number of nitrogens with zero attached hydrogens (tertiary/aromatic N) is 4. The van der Waals surface area contributed by atoms with Crippen LogP contribution in [-0.2, 0) is 0 Å². The highest BCUT2D eigenvalue weighted by Gasteiger charge is 2.19. The number of hydrogen-bond donors (Lipinski definition) is 0. The Hall–Kier alpha value is -6.74. The van der Waals surface area contributed by atoms with Crippen molar-refractivity contribution in [3.05, 3.63) is 163 Å². The molecule has 0 saturated heterocycles. The summed E-state index contributed by atoms with van der Waals surface area (Å²) in [5.41, 5.74) is 5.85. The zero-order valence-electron chi connectivity index (χ0n) is 27.2. The molecule has 0 spiro atoms. The van der Waals surface area contributed by atoms with E-state index in [2.05, 4.69) is 91.0 Å². The van der Waals surface area contributed by atoms with E-state index in [9.17, 15) is 5.26 Å². The highest BCUT2D eigenvalue weighted by Crippen LogP contribution is 2.43. The molecule has 2 heterocycles. The Morgan fingerprint density at radius 3 is 1.47 bits per heavy atom. The number of rotatable bonds is 4. The van der Waals surface area contributed by atoms with Gasteiger partial charge in [0, 0.05) is 36.9 Å². The normalized spacial score (nSPS) is 11.5. The Bertz CT molecular complexity index is 2980. The Morgan fingerprint density at radius 2 is 0.863 bits per heavy atom. The van der Waals surface area contributed by atoms with E-state index >= 15 is 0 Å². The summed E-state index contributed by atoms with van der Waals surface area (Å²) in [4.78, 5) is 15.2. The molecule has 8 aromatic carbocycles. The summed E-state index contributed by atoms with van der Waals surface area (Å²) in [6.45, 7) is 0. The first-order chi connectivity index (χ1) is 25.2. The summed E-state index contributed by atoms with van der Waals surface area (Å²) < 4.78 is 2.40. The van der Waals surface area contributed by atoms with E-state index in [4.69, 9.17) is 15.0 Å². The van der Waals surface area contributed by atoms with Gasteiger partial charge in [-0.05, 0) is 85.9 Å².